The van der Waals surface area contributed by atoms with Gasteiger partial charge in [0, 0.05) is 35.4 Å². The smallest absolute Gasteiger partial charge is 0.0652 e. The van der Waals surface area contributed by atoms with Gasteiger partial charge in [0.15, 0.2) is 0 Å². The second-order valence-corrected chi connectivity index (χ2v) is 4.20. The molecule has 0 bridgehead atoms. The third-order valence-electron chi connectivity index (χ3n) is 2.27. The Hall–Kier alpha value is -1.74. The van der Waals surface area contributed by atoms with Gasteiger partial charge in [0.2, 0.25) is 0 Å². The molecule has 2 rings (SSSR count). The first-order chi connectivity index (χ1) is 7.85. The number of hydrogen-bond donors (Lipinski definition) is 0. The maximum atomic E-state index is 4.24. The normalized spacial score (nSPS) is 11.4. The quantitative estimate of drug-likeness (QED) is 0.739. The number of aromatic nitrogens is 1. The minimum atomic E-state index is 0.867. The number of allylic oxidation sites excluding steroid dienone is 1. The van der Waals surface area contributed by atoms with Gasteiger partial charge in [0.25, 0.3) is 0 Å². The number of aliphatic imine (C=N–C) groups is 1. The van der Waals surface area contributed by atoms with Gasteiger partial charge in [0.05, 0.1) is 5.71 Å². The number of rotatable bonds is 3. The van der Waals surface area contributed by atoms with Crippen LogP contribution in [0, 0.1) is 0 Å². The van der Waals surface area contributed by atoms with E-state index in [0.717, 1.165) is 16.8 Å². The summed E-state index contributed by atoms with van der Waals surface area (Å²) >= 11 is 1.71. The monoisotopic (exact) mass is 228 g/mol. The molecular weight excluding hydrogens is 216 g/mol. The predicted molar refractivity (Wildman–Crippen MR) is 70.2 cm³/mol. The van der Waals surface area contributed by atoms with Crippen LogP contribution in [0.2, 0.25) is 0 Å². The molecule has 16 heavy (non-hydrogen) atoms. The molecule has 0 N–H and O–H groups in total. The molecule has 0 radical (unpaired) electrons. The molecular formula is C13H12N2S. The van der Waals surface area contributed by atoms with E-state index in [2.05, 4.69) is 34.1 Å². The lowest BCUT2D eigenvalue weighted by molar-refractivity contribution is 1.31. The highest BCUT2D eigenvalue weighted by atomic mass is 32.1. The molecule has 2 aromatic rings. The van der Waals surface area contributed by atoms with Gasteiger partial charge in [-0.3, -0.25) is 9.98 Å². The van der Waals surface area contributed by atoms with E-state index in [1.54, 1.807) is 30.7 Å². The van der Waals surface area contributed by atoms with Gasteiger partial charge in [-0.15, -0.1) is 11.3 Å². The number of hydrogen-bond acceptors (Lipinski definition) is 3. The summed E-state index contributed by atoms with van der Waals surface area (Å²) in [7, 11) is 1.76. The first kappa shape index (κ1) is 10.8. The Morgan fingerprint density at radius 3 is 3.00 bits per heavy atom. The highest BCUT2D eigenvalue weighted by molar-refractivity contribution is 7.13. The van der Waals surface area contributed by atoms with E-state index in [0.29, 0.717) is 0 Å². The summed E-state index contributed by atoms with van der Waals surface area (Å²) in [5.74, 6) is 0. The van der Waals surface area contributed by atoms with Crippen molar-refractivity contribution in [3.63, 3.8) is 0 Å². The van der Waals surface area contributed by atoms with Crippen molar-refractivity contribution in [1.29, 1.82) is 0 Å². The van der Waals surface area contributed by atoms with E-state index in [1.807, 2.05) is 12.3 Å². The third-order valence-corrected chi connectivity index (χ3v) is 3.19. The average molecular weight is 228 g/mol. The molecule has 0 aromatic carbocycles. The molecule has 3 heteroatoms. The Labute approximate surface area is 99.0 Å². The van der Waals surface area contributed by atoms with Gasteiger partial charge in [-0.25, -0.2) is 0 Å². The zero-order valence-electron chi connectivity index (χ0n) is 9.05. The van der Waals surface area contributed by atoms with Crippen LogP contribution in [0.5, 0.6) is 0 Å². The topological polar surface area (TPSA) is 25.2 Å². The molecule has 0 fully saturated rings. The van der Waals surface area contributed by atoms with Crippen LogP contribution in [0.25, 0.3) is 10.4 Å². The molecule has 0 aliphatic heterocycles. The Morgan fingerprint density at radius 1 is 1.50 bits per heavy atom. The van der Waals surface area contributed by atoms with Crippen LogP contribution in [0.4, 0.5) is 0 Å². The number of nitrogens with zero attached hydrogens (tertiary/aromatic N) is 2. The van der Waals surface area contributed by atoms with Crippen molar-refractivity contribution in [2.45, 2.75) is 0 Å². The van der Waals surface area contributed by atoms with Crippen LogP contribution in [0.1, 0.15) is 5.56 Å². The Balaban J connectivity index is 2.45. The summed E-state index contributed by atoms with van der Waals surface area (Å²) in [5.41, 5.74) is 2.99. The van der Waals surface area contributed by atoms with Crippen molar-refractivity contribution in [3.05, 3.63) is 54.2 Å². The Morgan fingerprint density at radius 2 is 2.38 bits per heavy atom. The van der Waals surface area contributed by atoms with Gasteiger partial charge in [-0.05, 0) is 23.6 Å². The summed E-state index contributed by atoms with van der Waals surface area (Å²) in [4.78, 5) is 9.61. The van der Waals surface area contributed by atoms with Gasteiger partial charge in [-0.1, -0.05) is 12.6 Å². The molecule has 80 valence electrons. The summed E-state index contributed by atoms with van der Waals surface area (Å²) in [6.45, 7) is 3.74. The van der Waals surface area contributed by atoms with Crippen LogP contribution < -0.4 is 0 Å². The van der Waals surface area contributed by atoms with E-state index >= 15 is 0 Å². The molecule has 2 aromatic heterocycles. The summed E-state index contributed by atoms with van der Waals surface area (Å²) in [5, 5.41) is 2.06. The highest BCUT2D eigenvalue weighted by Crippen LogP contribution is 2.24. The molecule has 2 nitrogen and oxygen atoms in total. The Kier molecular flexibility index (Phi) is 3.27. The molecule has 0 atom stereocenters. The largest absolute Gasteiger partial charge is 0.288 e. The summed E-state index contributed by atoms with van der Waals surface area (Å²) < 4.78 is 0. The zero-order chi connectivity index (χ0) is 11.4. The number of pyridine rings is 1. The van der Waals surface area contributed by atoms with Gasteiger partial charge >= 0.3 is 0 Å². The van der Waals surface area contributed by atoms with Gasteiger partial charge in [0.1, 0.15) is 0 Å². The minimum Gasteiger partial charge on any atom is -0.288 e. The number of thiophene rings is 1. The zero-order valence-corrected chi connectivity index (χ0v) is 9.87. The maximum absolute atomic E-state index is 4.24. The fourth-order valence-electron chi connectivity index (χ4n) is 1.50. The maximum Gasteiger partial charge on any atom is 0.0652 e. The molecule has 0 aliphatic carbocycles. The molecule has 0 saturated heterocycles. The van der Waals surface area contributed by atoms with Gasteiger partial charge in [-0.2, -0.15) is 0 Å². The van der Waals surface area contributed by atoms with E-state index in [1.165, 1.54) is 4.88 Å². The fourth-order valence-corrected chi connectivity index (χ4v) is 2.20. The first-order valence-electron chi connectivity index (χ1n) is 4.93. The van der Waals surface area contributed by atoms with Crippen molar-refractivity contribution in [2.75, 3.05) is 7.05 Å². The van der Waals surface area contributed by atoms with Crippen LogP contribution >= 0.6 is 11.3 Å². The molecule has 0 aliphatic rings. The van der Waals surface area contributed by atoms with Gasteiger partial charge < -0.3 is 0 Å². The van der Waals surface area contributed by atoms with Crippen LogP contribution in [-0.2, 0) is 0 Å². The summed E-state index contributed by atoms with van der Waals surface area (Å²) in [6, 6.07) is 6.21. The van der Waals surface area contributed by atoms with Crippen molar-refractivity contribution < 1.29 is 0 Å². The average Bonchev–Trinajstić information content (AvgIpc) is 2.85. The van der Waals surface area contributed by atoms with Crippen molar-refractivity contribution in [1.82, 2.24) is 4.98 Å². The van der Waals surface area contributed by atoms with E-state index in [9.17, 15) is 0 Å². The molecule has 0 saturated carbocycles. The third kappa shape index (κ3) is 2.09. The molecule has 0 unspecified atom stereocenters. The highest BCUT2D eigenvalue weighted by Gasteiger charge is 2.03. The lowest BCUT2D eigenvalue weighted by Crippen LogP contribution is -1.97. The second-order valence-electron chi connectivity index (χ2n) is 3.25. The van der Waals surface area contributed by atoms with E-state index in [4.69, 9.17) is 0 Å². The van der Waals surface area contributed by atoms with Crippen LogP contribution in [0.15, 0.2) is 53.6 Å². The van der Waals surface area contributed by atoms with Crippen LogP contribution in [0.3, 0.4) is 0 Å². The minimum absolute atomic E-state index is 0.867. The SMILES string of the molecule is C=CC(=NC)c1cncc(-c2cccs2)c1. The van der Waals surface area contributed by atoms with E-state index in [-0.39, 0.29) is 0 Å². The lowest BCUT2D eigenvalue weighted by atomic mass is 10.1. The molecule has 0 spiro atoms. The Bertz CT molecular complexity index is 512. The fraction of sp³-hybridized carbons (Fsp3) is 0.0769. The van der Waals surface area contributed by atoms with Crippen molar-refractivity contribution >= 4 is 17.0 Å². The summed E-state index contributed by atoms with van der Waals surface area (Å²) in [6.07, 6.45) is 5.42. The van der Waals surface area contributed by atoms with Crippen molar-refractivity contribution in [3.8, 4) is 10.4 Å². The molecule has 0 amide bonds. The standard InChI is InChI=1S/C13H12N2S/c1-3-12(14-2)10-7-11(9-15-8-10)13-5-4-6-16-13/h3-9H,1H2,2H3. The molecule has 2 heterocycles. The lowest BCUT2D eigenvalue weighted by Gasteiger charge is -2.02. The first-order valence-corrected chi connectivity index (χ1v) is 5.81. The second kappa shape index (κ2) is 4.86. The van der Waals surface area contributed by atoms with Crippen LogP contribution in [-0.4, -0.2) is 17.7 Å². The van der Waals surface area contributed by atoms with Crippen molar-refractivity contribution in [2.24, 2.45) is 4.99 Å². The van der Waals surface area contributed by atoms with E-state index < -0.39 is 0 Å². The predicted octanol–water partition coefficient (Wildman–Crippen LogP) is 3.42.